The molecule has 0 bridgehead atoms. The summed E-state index contributed by atoms with van der Waals surface area (Å²) in [5.74, 6) is 2.09. The van der Waals surface area contributed by atoms with Crippen LogP contribution >= 0.6 is 11.3 Å². The summed E-state index contributed by atoms with van der Waals surface area (Å²) in [6.45, 7) is 1.40. The van der Waals surface area contributed by atoms with Crippen molar-refractivity contribution in [3.8, 4) is 5.69 Å². The summed E-state index contributed by atoms with van der Waals surface area (Å²) in [7, 11) is 0. The number of aliphatic hydroxyl groups is 1. The fraction of sp³-hybridized carbons (Fsp3) is 0.273. The third-order valence-electron chi connectivity index (χ3n) is 5.88. The molecule has 10 heteroatoms. The smallest absolute Gasteiger partial charge is 0.229 e. The number of imidazole rings is 2. The number of nitrogens with one attached hydrogen (secondary N) is 2. The number of thiophene rings is 1. The van der Waals surface area contributed by atoms with Crippen LogP contribution in [0.4, 0.5) is 11.8 Å². The van der Waals surface area contributed by atoms with E-state index in [2.05, 4.69) is 30.5 Å². The van der Waals surface area contributed by atoms with Gasteiger partial charge in [-0.15, -0.1) is 0 Å². The molecule has 0 saturated carbocycles. The number of benzene rings is 1. The number of nitrogens with zero attached hydrogens (tertiary/aromatic N) is 6. The lowest BCUT2D eigenvalue weighted by atomic mass is 10.2. The van der Waals surface area contributed by atoms with Gasteiger partial charge in [0.25, 0.3) is 0 Å². The third kappa shape index (κ3) is 3.28. The first-order chi connectivity index (χ1) is 15.8. The molecule has 0 aliphatic carbocycles. The van der Waals surface area contributed by atoms with E-state index in [1.165, 1.54) is 0 Å². The summed E-state index contributed by atoms with van der Waals surface area (Å²) in [5, 5.41) is 17.3. The Morgan fingerprint density at radius 2 is 2.12 bits per heavy atom. The van der Waals surface area contributed by atoms with E-state index >= 15 is 0 Å². The molecular weight excluding hydrogens is 424 g/mol. The van der Waals surface area contributed by atoms with Crippen molar-refractivity contribution in [2.45, 2.75) is 25.4 Å². The first kappa shape index (κ1) is 19.2. The van der Waals surface area contributed by atoms with E-state index in [0.29, 0.717) is 23.8 Å². The monoisotopic (exact) mass is 446 g/mol. The predicted molar refractivity (Wildman–Crippen MR) is 125 cm³/mol. The van der Waals surface area contributed by atoms with Crippen molar-refractivity contribution < 1.29 is 5.11 Å². The van der Waals surface area contributed by atoms with Crippen LogP contribution in [0.2, 0.25) is 0 Å². The van der Waals surface area contributed by atoms with Crippen molar-refractivity contribution in [1.29, 1.82) is 0 Å². The molecule has 5 aromatic rings. The maximum atomic E-state index is 9.82. The van der Waals surface area contributed by atoms with Crippen LogP contribution in [0.15, 0.2) is 47.4 Å². The van der Waals surface area contributed by atoms with E-state index in [4.69, 9.17) is 9.97 Å². The molecule has 0 amide bonds. The molecule has 1 aromatic carbocycles. The van der Waals surface area contributed by atoms with Crippen molar-refractivity contribution >= 4 is 45.3 Å². The zero-order valence-electron chi connectivity index (χ0n) is 17.3. The van der Waals surface area contributed by atoms with Gasteiger partial charge in [0.05, 0.1) is 35.9 Å². The maximum Gasteiger partial charge on any atom is 0.229 e. The van der Waals surface area contributed by atoms with E-state index in [1.54, 1.807) is 17.7 Å². The molecule has 1 aliphatic heterocycles. The van der Waals surface area contributed by atoms with E-state index < -0.39 is 0 Å². The van der Waals surface area contributed by atoms with Crippen LogP contribution in [0, 0.1) is 0 Å². The second kappa shape index (κ2) is 7.88. The lowest BCUT2D eigenvalue weighted by Gasteiger charge is -2.23. The molecule has 32 heavy (non-hydrogen) atoms. The molecule has 3 N–H and O–H groups in total. The highest BCUT2D eigenvalue weighted by atomic mass is 32.1. The van der Waals surface area contributed by atoms with E-state index in [0.717, 1.165) is 47.6 Å². The minimum atomic E-state index is 0.0354. The van der Waals surface area contributed by atoms with Gasteiger partial charge >= 0.3 is 0 Å². The summed E-state index contributed by atoms with van der Waals surface area (Å²) >= 11 is 1.63. The summed E-state index contributed by atoms with van der Waals surface area (Å²) < 4.78 is 1.98. The van der Waals surface area contributed by atoms with Gasteiger partial charge in [0, 0.05) is 11.9 Å². The second-order valence-electron chi connectivity index (χ2n) is 7.87. The second-order valence-corrected chi connectivity index (χ2v) is 8.65. The maximum absolute atomic E-state index is 9.82. The highest BCUT2D eigenvalue weighted by Crippen LogP contribution is 2.29. The Morgan fingerprint density at radius 1 is 1.19 bits per heavy atom. The molecule has 9 nitrogen and oxygen atoms in total. The van der Waals surface area contributed by atoms with Crippen LogP contribution in [0.3, 0.4) is 0 Å². The predicted octanol–water partition coefficient (Wildman–Crippen LogP) is 3.33. The average Bonchev–Trinajstić information content (AvgIpc) is 3.61. The Kier molecular flexibility index (Phi) is 4.73. The highest BCUT2D eigenvalue weighted by Gasteiger charge is 2.28. The van der Waals surface area contributed by atoms with Crippen LogP contribution in [0.1, 0.15) is 18.7 Å². The molecule has 1 aliphatic rings. The third-order valence-corrected chi connectivity index (χ3v) is 6.55. The molecule has 1 atom stereocenters. The zero-order valence-corrected chi connectivity index (χ0v) is 18.1. The number of aliphatic hydroxyl groups excluding tert-OH is 1. The first-order valence-corrected chi connectivity index (χ1v) is 11.6. The van der Waals surface area contributed by atoms with Gasteiger partial charge in [0.15, 0.2) is 17.0 Å². The molecule has 4 aromatic heterocycles. The van der Waals surface area contributed by atoms with Crippen LogP contribution in [-0.4, -0.2) is 53.8 Å². The SMILES string of the molecule is OCC1CCCN1c1nc(NCc2nc3ccccc3[nH]2)c2ncn(-c3ccsc3)c2n1. The van der Waals surface area contributed by atoms with Crippen molar-refractivity contribution in [3.63, 3.8) is 0 Å². The number of para-hydroxylation sites is 2. The number of fused-ring (bicyclic) bond motifs is 2. The number of hydrogen-bond donors (Lipinski definition) is 3. The lowest BCUT2D eigenvalue weighted by Crippen LogP contribution is -2.33. The topological polar surface area (TPSA) is 108 Å². The fourth-order valence-corrected chi connectivity index (χ4v) is 4.90. The molecule has 1 fully saturated rings. The zero-order chi connectivity index (χ0) is 21.5. The molecule has 0 spiro atoms. The normalized spacial score (nSPS) is 16.4. The molecule has 1 unspecified atom stereocenters. The van der Waals surface area contributed by atoms with Gasteiger partial charge in [0.2, 0.25) is 5.95 Å². The highest BCUT2D eigenvalue weighted by molar-refractivity contribution is 7.08. The van der Waals surface area contributed by atoms with Gasteiger partial charge in [-0.25, -0.2) is 9.97 Å². The average molecular weight is 447 g/mol. The Balaban J connectivity index is 1.41. The van der Waals surface area contributed by atoms with Gasteiger partial charge in [-0.1, -0.05) is 12.1 Å². The van der Waals surface area contributed by atoms with Gasteiger partial charge in [-0.2, -0.15) is 21.3 Å². The molecular formula is C22H22N8OS. The van der Waals surface area contributed by atoms with E-state index in [1.807, 2.05) is 40.3 Å². The minimum absolute atomic E-state index is 0.0354. The number of aromatic amines is 1. The number of aromatic nitrogens is 6. The quantitative estimate of drug-likeness (QED) is 0.367. The summed E-state index contributed by atoms with van der Waals surface area (Å²) in [5.41, 5.74) is 4.40. The minimum Gasteiger partial charge on any atom is -0.394 e. The summed E-state index contributed by atoms with van der Waals surface area (Å²) in [6, 6.07) is 10.0. The number of H-pyrrole nitrogens is 1. The van der Waals surface area contributed by atoms with Gasteiger partial charge in [0.1, 0.15) is 12.2 Å². The Labute approximate surface area is 187 Å². The Morgan fingerprint density at radius 3 is 2.97 bits per heavy atom. The van der Waals surface area contributed by atoms with Crippen molar-refractivity contribution in [2.24, 2.45) is 0 Å². The van der Waals surface area contributed by atoms with Crippen molar-refractivity contribution in [3.05, 3.63) is 53.2 Å². The van der Waals surface area contributed by atoms with Crippen LogP contribution in [-0.2, 0) is 6.54 Å². The Hall–Kier alpha value is -3.50. The van der Waals surface area contributed by atoms with Gasteiger partial charge in [-0.05, 0) is 36.4 Å². The fourth-order valence-electron chi connectivity index (χ4n) is 4.27. The molecule has 6 rings (SSSR count). The molecule has 0 radical (unpaired) electrons. The van der Waals surface area contributed by atoms with Crippen molar-refractivity contribution in [2.75, 3.05) is 23.4 Å². The van der Waals surface area contributed by atoms with Crippen molar-refractivity contribution in [1.82, 2.24) is 29.5 Å². The van der Waals surface area contributed by atoms with E-state index in [-0.39, 0.29) is 12.6 Å². The number of hydrogen-bond acceptors (Lipinski definition) is 8. The Bertz CT molecular complexity index is 1340. The van der Waals surface area contributed by atoms with Gasteiger partial charge in [-0.3, -0.25) is 4.57 Å². The molecule has 1 saturated heterocycles. The summed E-state index contributed by atoms with van der Waals surface area (Å²) in [4.78, 5) is 24.4. The van der Waals surface area contributed by atoms with Crippen LogP contribution in [0.5, 0.6) is 0 Å². The lowest BCUT2D eigenvalue weighted by molar-refractivity contribution is 0.265. The molecule has 5 heterocycles. The largest absolute Gasteiger partial charge is 0.394 e. The standard InChI is InChI=1S/C22H22N8OS/c31-11-14-4-3-8-29(14)22-27-20(23-10-18-25-16-5-1-2-6-17(16)26-18)19-21(28-22)30(13-24-19)15-7-9-32-12-15/h1-2,5-7,9,12-14,31H,3-4,8,10-11H2,(H,25,26)(H,23,27,28). The van der Waals surface area contributed by atoms with Crippen LogP contribution < -0.4 is 10.2 Å². The molecule has 162 valence electrons. The number of anilines is 2. The first-order valence-electron chi connectivity index (χ1n) is 10.6. The van der Waals surface area contributed by atoms with Crippen LogP contribution in [0.25, 0.3) is 27.9 Å². The number of rotatable bonds is 6. The van der Waals surface area contributed by atoms with Gasteiger partial charge < -0.3 is 20.3 Å². The van der Waals surface area contributed by atoms with E-state index in [9.17, 15) is 5.11 Å². The summed E-state index contributed by atoms with van der Waals surface area (Å²) in [6.07, 6.45) is 3.73.